The lowest BCUT2D eigenvalue weighted by Gasteiger charge is -2.13. The highest BCUT2D eigenvalue weighted by molar-refractivity contribution is 6.20. The Labute approximate surface area is 245 Å². The molecule has 0 unspecified atom stereocenters. The maximum absolute atomic E-state index is 2.36. The number of fused-ring (bicyclic) bond motifs is 5. The molecule has 194 valence electrons. The predicted molar refractivity (Wildman–Crippen MR) is 180 cm³/mol. The zero-order valence-corrected chi connectivity index (χ0v) is 23.0. The highest BCUT2D eigenvalue weighted by Gasteiger charge is 2.23. The van der Waals surface area contributed by atoms with Crippen LogP contribution in [0, 0.1) is 0 Å². The van der Waals surface area contributed by atoms with Gasteiger partial charge in [-0.2, -0.15) is 0 Å². The molecule has 0 amide bonds. The molecule has 0 saturated carbocycles. The summed E-state index contributed by atoms with van der Waals surface area (Å²) in [6, 6.07) is 58.0. The van der Waals surface area contributed by atoms with Crippen molar-refractivity contribution in [1.82, 2.24) is 0 Å². The van der Waals surface area contributed by atoms with Crippen molar-refractivity contribution in [3.63, 3.8) is 0 Å². The third kappa shape index (κ3) is 3.49. The predicted octanol–water partition coefficient (Wildman–Crippen LogP) is 11.8. The van der Waals surface area contributed by atoms with Gasteiger partial charge in [0, 0.05) is 0 Å². The zero-order valence-electron chi connectivity index (χ0n) is 23.0. The fourth-order valence-electron chi connectivity index (χ4n) is 6.99. The molecule has 9 rings (SSSR count). The molecule has 0 spiro atoms. The summed E-state index contributed by atoms with van der Waals surface area (Å²) in [5, 5.41) is 7.80. The number of benzene rings is 8. The molecule has 0 atom stereocenters. The Balaban J connectivity index is 1.18. The molecule has 0 aromatic heterocycles. The molecule has 8 aromatic carbocycles. The monoisotopic (exact) mass is 530 g/mol. The first-order valence-electron chi connectivity index (χ1n) is 14.6. The molecule has 0 heterocycles. The second kappa shape index (κ2) is 9.03. The number of hydrogen-bond donors (Lipinski definition) is 0. The standard InChI is InChI=1S/C42H26/c1-2-9-27(10-3-1)30-19-20-35-31(23-30)15-7-16-34(35)32-13-6-14-33(24-32)36-21-22-39-41-26-29-12-5-4-11-28(29)25-40(41)38-18-8-17-37(36)42(38)39/h1-26H. The Hall–Kier alpha value is -5.46. The fraction of sp³-hybridized carbons (Fsp3) is 0. The third-order valence-electron chi connectivity index (χ3n) is 8.98. The molecule has 42 heavy (non-hydrogen) atoms. The van der Waals surface area contributed by atoms with E-state index in [0.29, 0.717) is 0 Å². The third-order valence-corrected chi connectivity index (χ3v) is 8.98. The van der Waals surface area contributed by atoms with Crippen LogP contribution in [0.2, 0.25) is 0 Å². The van der Waals surface area contributed by atoms with E-state index >= 15 is 0 Å². The van der Waals surface area contributed by atoms with E-state index in [0.717, 1.165) is 0 Å². The first kappa shape index (κ1) is 23.3. The van der Waals surface area contributed by atoms with Gasteiger partial charge in [0.1, 0.15) is 0 Å². The Kier molecular flexibility index (Phi) is 5.00. The smallest absolute Gasteiger partial charge is 0.00201 e. The van der Waals surface area contributed by atoms with Crippen molar-refractivity contribution in [1.29, 1.82) is 0 Å². The van der Waals surface area contributed by atoms with Crippen LogP contribution >= 0.6 is 0 Å². The molecule has 1 aliphatic rings. The van der Waals surface area contributed by atoms with Crippen LogP contribution in [-0.4, -0.2) is 0 Å². The highest BCUT2D eigenvalue weighted by atomic mass is 14.3. The van der Waals surface area contributed by atoms with Gasteiger partial charge in [0.25, 0.3) is 0 Å². The summed E-state index contributed by atoms with van der Waals surface area (Å²) < 4.78 is 0. The molecule has 0 fully saturated rings. The van der Waals surface area contributed by atoms with E-state index < -0.39 is 0 Å². The summed E-state index contributed by atoms with van der Waals surface area (Å²) in [6.07, 6.45) is 0. The minimum Gasteiger partial charge on any atom is -0.0622 e. The molecular formula is C42H26. The van der Waals surface area contributed by atoms with Gasteiger partial charge in [-0.1, -0.05) is 133 Å². The summed E-state index contributed by atoms with van der Waals surface area (Å²) in [5.74, 6) is 0. The first-order chi connectivity index (χ1) is 20.8. The van der Waals surface area contributed by atoms with Crippen molar-refractivity contribution in [3.05, 3.63) is 158 Å². The second-order valence-electron chi connectivity index (χ2n) is 11.3. The average molecular weight is 531 g/mol. The first-order valence-corrected chi connectivity index (χ1v) is 14.6. The number of hydrogen-bond acceptors (Lipinski definition) is 0. The van der Waals surface area contributed by atoms with Gasteiger partial charge in [-0.25, -0.2) is 0 Å². The van der Waals surface area contributed by atoms with E-state index in [4.69, 9.17) is 0 Å². The van der Waals surface area contributed by atoms with Crippen LogP contribution in [0.5, 0.6) is 0 Å². The lowest BCUT2D eigenvalue weighted by Crippen LogP contribution is -1.86. The fourth-order valence-corrected chi connectivity index (χ4v) is 6.99. The summed E-state index contributed by atoms with van der Waals surface area (Å²) in [7, 11) is 0. The van der Waals surface area contributed by atoms with Gasteiger partial charge in [-0.05, 0) is 112 Å². The van der Waals surface area contributed by atoms with Gasteiger partial charge in [-0.15, -0.1) is 0 Å². The summed E-state index contributed by atoms with van der Waals surface area (Å²) >= 11 is 0. The average Bonchev–Trinajstić information content (AvgIpc) is 3.37. The van der Waals surface area contributed by atoms with Crippen LogP contribution in [0.15, 0.2) is 158 Å². The van der Waals surface area contributed by atoms with E-state index in [9.17, 15) is 0 Å². The van der Waals surface area contributed by atoms with Gasteiger partial charge in [-0.3, -0.25) is 0 Å². The van der Waals surface area contributed by atoms with Crippen LogP contribution in [0.25, 0.3) is 88.0 Å². The van der Waals surface area contributed by atoms with Crippen molar-refractivity contribution in [2.45, 2.75) is 0 Å². The van der Waals surface area contributed by atoms with Crippen molar-refractivity contribution < 1.29 is 0 Å². The van der Waals surface area contributed by atoms with Crippen LogP contribution in [0.4, 0.5) is 0 Å². The molecule has 0 heteroatoms. The zero-order chi connectivity index (χ0) is 27.6. The van der Waals surface area contributed by atoms with Crippen molar-refractivity contribution >= 4 is 32.3 Å². The molecule has 1 aliphatic carbocycles. The SMILES string of the molecule is c1ccc(-c2ccc3c(-c4cccc(-c5ccc6c7c(cccc57)-c5cc7ccccc7cc5-6)c4)cccc3c2)cc1. The molecule has 0 saturated heterocycles. The Bertz CT molecular complexity index is 2290. The van der Waals surface area contributed by atoms with Crippen LogP contribution in [0.1, 0.15) is 0 Å². The minimum atomic E-state index is 1.24. The van der Waals surface area contributed by atoms with E-state index in [2.05, 4.69) is 158 Å². The lowest BCUT2D eigenvalue weighted by molar-refractivity contribution is 1.62. The van der Waals surface area contributed by atoms with Crippen molar-refractivity contribution in [3.8, 4) is 55.6 Å². The topological polar surface area (TPSA) is 0 Å². The Morgan fingerprint density at radius 2 is 0.810 bits per heavy atom. The van der Waals surface area contributed by atoms with Gasteiger partial charge in [0.05, 0.1) is 0 Å². The molecule has 0 bridgehead atoms. The lowest BCUT2D eigenvalue weighted by atomic mass is 9.91. The van der Waals surface area contributed by atoms with Gasteiger partial charge in [0.2, 0.25) is 0 Å². The van der Waals surface area contributed by atoms with Gasteiger partial charge >= 0.3 is 0 Å². The van der Waals surface area contributed by atoms with E-state index in [1.165, 1.54) is 88.0 Å². The van der Waals surface area contributed by atoms with Gasteiger partial charge < -0.3 is 0 Å². The Morgan fingerprint density at radius 1 is 0.238 bits per heavy atom. The van der Waals surface area contributed by atoms with Gasteiger partial charge in [0.15, 0.2) is 0 Å². The largest absolute Gasteiger partial charge is 0.0622 e. The molecular weight excluding hydrogens is 504 g/mol. The van der Waals surface area contributed by atoms with E-state index in [1.807, 2.05) is 0 Å². The summed E-state index contributed by atoms with van der Waals surface area (Å²) in [6.45, 7) is 0. The maximum atomic E-state index is 2.36. The Morgan fingerprint density at radius 3 is 1.60 bits per heavy atom. The molecule has 8 aromatic rings. The normalized spacial score (nSPS) is 11.8. The van der Waals surface area contributed by atoms with Crippen molar-refractivity contribution in [2.75, 3.05) is 0 Å². The quantitative estimate of drug-likeness (QED) is 0.213. The van der Waals surface area contributed by atoms with E-state index in [1.54, 1.807) is 0 Å². The summed E-state index contributed by atoms with van der Waals surface area (Å²) in [5.41, 5.74) is 12.9. The van der Waals surface area contributed by atoms with Crippen molar-refractivity contribution in [2.24, 2.45) is 0 Å². The second-order valence-corrected chi connectivity index (χ2v) is 11.3. The maximum Gasteiger partial charge on any atom is -0.00201 e. The highest BCUT2D eigenvalue weighted by Crippen LogP contribution is 2.50. The summed E-state index contributed by atoms with van der Waals surface area (Å²) in [4.78, 5) is 0. The minimum absolute atomic E-state index is 1.24. The van der Waals surface area contributed by atoms with Crippen LogP contribution in [0.3, 0.4) is 0 Å². The van der Waals surface area contributed by atoms with Crippen LogP contribution < -0.4 is 0 Å². The molecule has 0 N–H and O–H groups in total. The van der Waals surface area contributed by atoms with Crippen LogP contribution in [-0.2, 0) is 0 Å². The molecule has 0 radical (unpaired) electrons. The molecule has 0 aliphatic heterocycles. The van der Waals surface area contributed by atoms with E-state index in [-0.39, 0.29) is 0 Å². The molecule has 0 nitrogen and oxygen atoms in total. The number of rotatable bonds is 3.